The fraction of sp³-hybridized carbons (Fsp3) is 0.130. The summed E-state index contributed by atoms with van der Waals surface area (Å²) in [7, 11) is 0. The van der Waals surface area contributed by atoms with Gasteiger partial charge in [0.1, 0.15) is 11.5 Å². The molecule has 0 aliphatic carbocycles. The largest absolute Gasteiger partial charge is 0.457 e. The Morgan fingerprint density at radius 1 is 0.542 bits per heavy atom. The Morgan fingerprint density at radius 3 is 1.33 bits per heavy atom. The standard InChI is InChI=1S/C20H14O.C3H8/c1-3-7-17-13-19(11-9-15(17)5-1)21-20-12-10-16-6-2-4-8-18(16)14-20;1-3-2/h1-14H;3H2,1-2H3. The van der Waals surface area contributed by atoms with E-state index in [2.05, 4.69) is 62.4 Å². The summed E-state index contributed by atoms with van der Waals surface area (Å²) in [5, 5.41) is 4.83. The van der Waals surface area contributed by atoms with Crippen molar-refractivity contribution in [1.29, 1.82) is 0 Å². The molecule has 0 bridgehead atoms. The van der Waals surface area contributed by atoms with Gasteiger partial charge in [-0.25, -0.2) is 0 Å². The Kier molecular flexibility index (Phi) is 5.12. The van der Waals surface area contributed by atoms with Crippen LogP contribution in [0.2, 0.25) is 0 Å². The Morgan fingerprint density at radius 2 is 0.917 bits per heavy atom. The first-order valence-electron chi connectivity index (χ1n) is 8.45. The lowest BCUT2D eigenvalue weighted by Crippen LogP contribution is -1.84. The highest BCUT2D eigenvalue weighted by molar-refractivity contribution is 5.85. The minimum atomic E-state index is 0.865. The molecule has 0 unspecified atom stereocenters. The fourth-order valence-electron chi connectivity index (χ4n) is 2.60. The van der Waals surface area contributed by atoms with Crippen LogP contribution in [-0.2, 0) is 0 Å². The molecule has 1 nitrogen and oxygen atoms in total. The van der Waals surface area contributed by atoms with Crippen LogP contribution in [0.3, 0.4) is 0 Å². The molecule has 0 aliphatic heterocycles. The van der Waals surface area contributed by atoms with Crippen molar-refractivity contribution in [2.75, 3.05) is 0 Å². The van der Waals surface area contributed by atoms with Crippen LogP contribution in [0.5, 0.6) is 11.5 Å². The Hall–Kier alpha value is -2.80. The van der Waals surface area contributed by atoms with Gasteiger partial charge in [-0.3, -0.25) is 0 Å². The minimum absolute atomic E-state index is 0.865. The lowest BCUT2D eigenvalue weighted by atomic mass is 10.1. The summed E-state index contributed by atoms with van der Waals surface area (Å²) >= 11 is 0. The molecule has 0 aromatic heterocycles. The van der Waals surface area contributed by atoms with E-state index in [1.165, 1.54) is 28.0 Å². The van der Waals surface area contributed by atoms with E-state index in [-0.39, 0.29) is 0 Å². The van der Waals surface area contributed by atoms with Gasteiger partial charge in [-0.15, -0.1) is 0 Å². The van der Waals surface area contributed by atoms with Gasteiger partial charge < -0.3 is 4.74 Å². The van der Waals surface area contributed by atoms with Gasteiger partial charge in [0.2, 0.25) is 0 Å². The molecule has 4 aromatic carbocycles. The first-order valence-corrected chi connectivity index (χ1v) is 8.45. The van der Waals surface area contributed by atoms with Crippen LogP contribution in [0.15, 0.2) is 84.9 Å². The highest BCUT2D eigenvalue weighted by atomic mass is 16.5. The second-order valence-electron chi connectivity index (χ2n) is 5.83. The van der Waals surface area contributed by atoms with E-state index in [4.69, 9.17) is 4.74 Å². The number of rotatable bonds is 2. The molecule has 4 aromatic rings. The third kappa shape index (κ3) is 3.75. The zero-order valence-electron chi connectivity index (χ0n) is 14.2. The van der Waals surface area contributed by atoms with Crippen molar-refractivity contribution in [1.82, 2.24) is 0 Å². The zero-order chi connectivity index (χ0) is 16.8. The van der Waals surface area contributed by atoms with E-state index in [9.17, 15) is 0 Å². The van der Waals surface area contributed by atoms with E-state index in [1.807, 2.05) is 36.4 Å². The normalized spacial score (nSPS) is 10.2. The average molecular weight is 314 g/mol. The topological polar surface area (TPSA) is 9.23 Å². The van der Waals surface area contributed by atoms with Crippen LogP contribution in [-0.4, -0.2) is 0 Å². The van der Waals surface area contributed by atoms with Crippen molar-refractivity contribution < 1.29 is 4.74 Å². The molecule has 0 fully saturated rings. The Bertz CT molecular complexity index is 863. The summed E-state index contributed by atoms with van der Waals surface area (Å²) in [6, 6.07) is 28.9. The maximum atomic E-state index is 5.99. The van der Waals surface area contributed by atoms with Crippen LogP contribution >= 0.6 is 0 Å². The molecule has 0 aliphatic rings. The molecule has 0 N–H and O–H groups in total. The monoisotopic (exact) mass is 314 g/mol. The molecule has 0 saturated heterocycles. The number of hydrogen-bond donors (Lipinski definition) is 0. The van der Waals surface area contributed by atoms with Crippen molar-refractivity contribution in [3.63, 3.8) is 0 Å². The smallest absolute Gasteiger partial charge is 0.128 e. The van der Waals surface area contributed by atoms with E-state index in [1.54, 1.807) is 0 Å². The van der Waals surface area contributed by atoms with E-state index in [0.717, 1.165) is 11.5 Å². The highest BCUT2D eigenvalue weighted by Crippen LogP contribution is 2.28. The molecule has 120 valence electrons. The Balaban J connectivity index is 0.000000526. The van der Waals surface area contributed by atoms with Gasteiger partial charge in [0.05, 0.1) is 0 Å². The van der Waals surface area contributed by atoms with Crippen molar-refractivity contribution in [3.05, 3.63) is 84.9 Å². The van der Waals surface area contributed by atoms with E-state index < -0.39 is 0 Å². The molecule has 0 atom stereocenters. The van der Waals surface area contributed by atoms with Gasteiger partial charge in [0.15, 0.2) is 0 Å². The van der Waals surface area contributed by atoms with Crippen molar-refractivity contribution in [2.24, 2.45) is 0 Å². The third-order valence-corrected chi connectivity index (χ3v) is 3.68. The number of fused-ring (bicyclic) bond motifs is 2. The van der Waals surface area contributed by atoms with Crippen LogP contribution in [0.25, 0.3) is 21.5 Å². The SMILES string of the molecule is CCC.c1ccc2cc(Oc3ccc4ccccc4c3)ccc2c1. The van der Waals surface area contributed by atoms with Crippen LogP contribution in [0, 0.1) is 0 Å². The Labute approximate surface area is 143 Å². The van der Waals surface area contributed by atoms with Crippen LogP contribution in [0.4, 0.5) is 0 Å². The van der Waals surface area contributed by atoms with E-state index >= 15 is 0 Å². The zero-order valence-corrected chi connectivity index (χ0v) is 14.2. The van der Waals surface area contributed by atoms with Crippen molar-refractivity contribution >= 4 is 21.5 Å². The molecular weight excluding hydrogens is 292 g/mol. The predicted molar refractivity (Wildman–Crippen MR) is 104 cm³/mol. The number of benzene rings is 4. The van der Waals surface area contributed by atoms with Crippen LogP contribution < -0.4 is 4.74 Å². The summed E-state index contributed by atoms with van der Waals surface area (Å²) in [5.74, 6) is 1.73. The fourth-order valence-corrected chi connectivity index (χ4v) is 2.60. The van der Waals surface area contributed by atoms with Gasteiger partial charge in [0.25, 0.3) is 0 Å². The van der Waals surface area contributed by atoms with Gasteiger partial charge in [-0.2, -0.15) is 0 Å². The summed E-state index contributed by atoms with van der Waals surface area (Å²) in [6.45, 7) is 4.25. The molecule has 0 heterocycles. The van der Waals surface area contributed by atoms with Crippen molar-refractivity contribution in [3.8, 4) is 11.5 Å². The molecule has 4 rings (SSSR count). The van der Waals surface area contributed by atoms with Gasteiger partial charge in [-0.05, 0) is 45.8 Å². The lowest BCUT2D eigenvalue weighted by molar-refractivity contribution is 0.484. The van der Waals surface area contributed by atoms with Gasteiger partial charge in [0, 0.05) is 0 Å². The minimum Gasteiger partial charge on any atom is -0.457 e. The highest BCUT2D eigenvalue weighted by Gasteiger charge is 2.01. The summed E-state index contributed by atoms with van der Waals surface area (Å²) in [5.41, 5.74) is 0. The maximum Gasteiger partial charge on any atom is 0.128 e. The molecule has 0 radical (unpaired) electrons. The maximum absolute atomic E-state index is 5.99. The van der Waals surface area contributed by atoms with E-state index in [0.29, 0.717) is 0 Å². The second-order valence-corrected chi connectivity index (χ2v) is 5.83. The quantitative estimate of drug-likeness (QED) is 0.380. The molecule has 0 amide bonds. The average Bonchev–Trinajstić information content (AvgIpc) is 2.62. The molecule has 24 heavy (non-hydrogen) atoms. The number of hydrogen-bond acceptors (Lipinski definition) is 1. The molecule has 0 spiro atoms. The third-order valence-electron chi connectivity index (χ3n) is 3.68. The van der Waals surface area contributed by atoms with Gasteiger partial charge in [-0.1, -0.05) is 80.9 Å². The van der Waals surface area contributed by atoms with Gasteiger partial charge >= 0.3 is 0 Å². The lowest BCUT2D eigenvalue weighted by Gasteiger charge is -2.08. The molecule has 1 heteroatoms. The predicted octanol–water partition coefficient (Wildman–Crippen LogP) is 7.20. The first kappa shape index (κ1) is 16.1. The number of ether oxygens (including phenoxy) is 1. The second kappa shape index (κ2) is 7.65. The molecule has 0 saturated carbocycles. The first-order chi connectivity index (χ1) is 11.8. The van der Waals surface area contributed by atoms with Crippen LogP contribution in [0.1, 0.15) is 20.3 Å². The van der Waals surface area contributed by atoms with Crippen molar-refractivity contribution in [2.45, 2.75) is 20.3 Å². The summed E-state index contributed by atoms with van der Waals surface area (Å²) in [4.78, 5) is 0. The summed E-state index contributed by atoms with van der Waals surface area (Å²) < 4.78 is 5.99. The molecular formula is C23H22O. The summed E-state index contributed by atoms with van der Waals surface area (Å²) in [6.07, 6.45) is 1.25.